The number of nitrogens with zero attached hydrogens (tertiary/aromatic N) is 2. The van der Waals surface area contributed by atoms with Crippen molar-refractivity contribution < 1.29 is 0 Å². The van der Waals surface area contributed by atoms with Crippen LogP contribution in [0.5, 0.6) is 0 Å². The number of anilines is 2. The van der Waals surface area contributed by atoms with Crippen LogP contribution in [0, 0.1) is 0 Å². The lowest BCUT2D eigenvalue weighted by molar-refractivity contribution is 0.993. The largest absolute Gasteiger partial charge is 0.370 e. The number of aliphatic imine (C=N–C) groups is 1. The van der Waals surface area contributed by atoms with Gasteiger partial charge in [-0.1, -0.05) is 42.5 Å². The lowest BCUT2D eigenvalue weighted by Gasteiger charge is -2.18. The molecular formula is C18H21IN4. The summed E-state index contributed by atoms with van der Waals surface area (Å²) in [4.78, 5) is 6.72. The smallest absolute Gasteiger partial charge is 0.193 e. The minimum Gasteiger partial charge on any atom is -0.370 e. The molecule has 23 heavy (non-hydrogen) atoms. The molecular weight excluding hydrogens is 399 g/mol. The first kappa shape index (κ1) is 17.3. The van der Waals surface area contributed by atoms with Crippen LogP contribution in [0.25, 0.3) is 0 Å². The van der Waals surface area contributed by atoms with E-state index in [0.717, 1.165) is 24.3 Å². The maximum atomic E-state index is 5.93. The quantitative estimate of drug-likeness (QED) is 0.344. The van der Waals surface area contributed by atoms with Gasteiger partial charge in [-0.15, -0.1) is 24.0 Å². The third-order valence-corrected chi connectivity index (χ3v) is 3.57. The Morgan fingerprint density at radius 3 is 2.52 bits per heavy atom. The van der Waals surface area contributed by atoms with E-state index in [1.165, 1.54) is 5.69 Å². The zero-order valence-corrected chi connectivity index (χ0v) is 15.2. The maximum absolute atomic E-state index is 5.93. The SMILES string of the molecule is I.NC(=NCc1cccc(N2CC=CC2)c1)Nc1ccccc1. The summed E-state index contributed by atoms with van der Waals surface area (Å²) in [7, 11) is 0. The van der Waals surface area contributed by atoms with Crippen molar-refractivity contribution in [3.63, 3.8) is 0 Å². The van der Waals surface area contributed by atoms with Gasteiger partial charge in [0.1, 0.15) is 0 Å². The standard InChI is InChI=1S/C18H20N4.HI/c19-18(21-16-8-2-1-3-9-16)20-14-15-7-6-10-17(13-15)22-11-4-5-12-22;/h1-10,13H,11-12,14H2,(H3,19,20,21);1H. The minimum atomic E-state index is 0. The first-order valence-electron chi connectivity index (χ1n) is 7.42. The van der Waals surface area contributed by atoms with E-state index in [1.807, 2.05) is 30.3 Å². The third kappa shape index (κ3) is 4.99. The molecule has 1 heterocycles. The van der Waals surface area contributed by atoms with Crippen molar-refractivity contribution in [1.29, 1.82) is 0 Å². The Morgan fingerprint density at radius 2 is 1.78 bits per heavy atom. The lowest BCUT2D eigenvalue weighted by Crippen LogP contribution is -2.22. The Labute approximate surface area is 154 Å². The fourth-order valence-electron chi connectivity index (χ4n) is 2.43. The van der Waals surface area contributed by atoms with E-state index >= 15 is 0 Å². The summed E-state index contributed by atoms with van der Waals surface area (Å²) in [5.41, 5.74) is 9.26. The van der Waals surface area contributed by atoms with Gasteiger partial charge in [0.05, 0.1) is 6.54 Å². The number of halogens is 1. The number of rotatable bonds is 4. The second kappa shape index (κ2) is 8.57. The molecule has 4 nitrogen and oxygen atoms in total. The van der Waals surface area contributed by atoms with Crippen LogP contribution in [-0.2, 0) is 6.54 Å². The average molecular weight is 420 g/mol. The van der Waals surface area contributed by atoms with E-state index in [4.69, 9.17) is 5.73 Å². The van der Waals surface area contributed by atoms with Gasteiger partial charge >= 0.3 is 0 Å². The Hall–Kier alpha value is -2.02. The zero-order valence-electron chi connectivity index (χ0n) is 12.9. The number of benzene rings is 2. The predicted molar refractivity (Wildman–Crippen MR) is 109 cm³/mol. The summed E-state index contributed by atoms with van der Waals surface area (Å²) in [6.45, 7) is 2.52. The van der Waals surface area contributed by atoms with Gasteiger partial charge in [-0.05, 0) is 29.8 Å². The molecule has 3 rings (SSSR count). The zero-order chi connectivity index (χ0) is 15.2. The van der Waals surface area contributed by atoms with Crippen molar-refractivity contribution >= 4 is 41.3 Å². The first-order chi connectivity index (χ1) is 10.8. The highest BCUT2D eigenvalue weighted by Crippen LogP contribution is 2.18. The van der Waals surface area contributed by atoms with Gasteiger partial charge in [0.15, 0.2) is 5.96 Å². The molecule has 0 radical (unpaired) electrons. The normalized spacial score (nSPS) is 13.7. The van der Waals surface area contributed by atoms with Crippen molar-refractivity contribution in [2.24, 2.45) is 10.7 Å². The molecule has 0 spiro atoms. The van der Waals surface area contributed by atoms with E-state index in [1.54, 1.807) is 0 Å². The fourth-order valence-corrected chi connectivity index (χ4v) is 2.43. The second-order valence-corrected chi connectivity index (χ2v) is 5.24. The van der Waals surface area contributed by atoms with E-state index in [2.05, 4.69) is 51.6 Å². The lowest BCUT2D eigenvalue weighted by atomic mass is 10.2. The molecule has 0 aromatic heterocycles. The number of hydrogen-bond donors (Lipinski definition) is 2. The average Bonchev–Trinajstić information content (AvgIpc) is 3.09. The second-order valence-electron chi connectivity index (χ2n) is 5.24. The van der Waals surface area contributed by atoms with Crippen LogP contribution < -0.4 is 16.0 Å². The van der Waals surface area contributed by atoms with Crippen LogP contribution in [0.2, 0.25) is 0 Å². The van der Waals surface area contributed by atoms with E-state index in [-0.39, 0.29) is 24.0 Å². The van der Waals surface area contributed by atoms with Crippen molar-refractivity contribution in [1.82, 2.24) is 0 Å². The highest BCUT2D eigenvalue weighted by Gasteiger charge is 2.07. The topological polar surface area (TPSA) is 53.6 Å². The Bertz CT molecular complexity index is 674. The van der Waals surface area contributed by atoms with Gasteiger partial charge in [-0.25, -0.2) is 4.99 Å². The van der Waals surface area contributed by atoms with Crippen molar-refractivity contribution in [2.45, 2.75) is 6.54 Å². The van der Waals surface area contributed by atoms with Gasteiger partial charge in [-0.3, -0.25) is 0 Å². The molecule has 1 aliphatic heterocycles. The molecule has 0 bridgehead atoms. The van der Waals surface area contributed by atoms with E-state index < -0.39 is 0 Å². The fraction of sp³-hybridized carbons (Fsp3) is 0.167. The first-order valence-corrected chi connectivity index (χ1v) is 7.42. The monoisotopic (exact) mass is 420 g/mol. The van der Waals surface area contributed by atoms with Crippen molar-refractivity contribution in [3.8, 4) is 0 Å². The summed E-state index contributed by atoms with van der Waals surface area (Å²) >= 11 is 0. The van der Waals surface area contributed by atoms with Crippen LogP contribution >= 0.6 is 24.0 Å². The van der Waals surface area contributed by atoms with Gasteiger partial charge in [0.2, 0.25) is 0 Å². The maximum Gasteiger partial charge on any atom is 0.193 e. The van der Waals surface area contributed by atoms with Crippen LogP contribution in [0.4, 0.5) is 11.4 Å². The number of guanidine groups is 1. The molecule has 3 N–H and O–H groups in total. The molecule has 0 amide bonds. The highest BCUT2D eigenvalue weighted by atomic mass is 127. The molecule has 0 fully saturated rings. The molecule has 0 unspecified atom stereocenters. The number of nitrogens with two attached hydrogens (primary N) is 1. The Morgan fingerprint density at radius 1 is 1.04 bits per heavy atom. The van der Waals surface area contributed by atoms with Gasteiger partial charge in [-0.2, -0.15) is 0 Å². The van der Waals surface area contributed by atoms with Crippen LogP contribution in [0.3, 0.4) is 0 Å². The van der Waals surface area contributed by atoms with Crippen LogP contribution in [-0.4, -0.2) is 19.0 Å². The molecule has 2 aromatic rings. The van der Waals surface area contributed by atoms with Gasteiger partial charge in [0, 0.05) is 24.5 Å². The predicted octanol–water partition coefficient (Wildman–Crippen LogP) is 3.61. The molecule has 1 aliphatic rings. The molecule has 2 aromatic carbocycles. The summed E-state index contributed by atoms with van der Waals surface area (Å²) in [6.07, 6.45) is 4.37. The van der Waals surface area contributed by atoms with Crippen LogP contribution in [0.1, 0.15) is 5.56 Å². The van der Waals surface area contributed by atoms with Crippen LogP contribution in [0.15, 0.2) is 71.7 Å². The molecule has 0 atom stereocenters. The molecule has 120 valence electrons. The summed E-state index contributed by atoms with van der Waals surface area (Å²) in [5.74, 6) is 0.430. The number of hydrogen-bond acceptors (Lipinski definition) is 2. The molecule has 0 saturated heterocycles. The minimum absolute atomic E-state index is 0. The van der Waals surface area contributed by atoms with Crippen molar-refractivity contribution in [3.05, 3.63) is 72.3 Å². The molecule has 5 heteroatoms. The molecule has 0 saturated carbocycles. The molecule has 0 aliphatic carbocycles. The van der Waals surface area contributed by atoms with E-state index in [9.17, 15) is 0 Å². The van der Waals surface area contributed by atoms with Crippen molar-refractivity contribution in [2.75, 3.05) is 23.3 Å². The third-order valence-electron chi connectivity index (χ3n) is 3.57. The Kier molecular flexibility index (Phi) is 6.46. The van der Waals surface area contributed by atoms with E-state index in [0.29, 0.717) is 12.5 Å². The summed E-state index contributed by atoms with van der Waals surface area (Å²) in [6, 6.07) is 18.3. The highest BCUT2D eigenvalue weighted by molar-refractivity contribution is 14.0. The van der Waals surface area contributed by atoms with Gasteiger partial charge in [0.25, 0.3) is 0 Å². The number of para-hydroxylation sites is 1. The summed E-state index contributed by atoms with van der Waals surface area (Å²) < 4.78 is 0. The van der Waals surface area contributed by atoms with Gasteiger partial charge < -0.3 is 16.0 Å². The number of nitrogens with one attached hydrogen (secondary N) is 1. The Balaban J connectivity index is 0.00000192. The summed E-state index contributed by atoms with van der Waals surface area (Å²) in [5, 5.41) is 3.09.